The van der Waals surface area contributed by atoms with E-state index in [-0.39, 0.29) is 28.5 Å². The van der Waals surface area contributed by atoms with Gasteiger partial charge in [-0.05, 0) is 147 Å². The third-order valence-electron chi connectivity index (χ3n) is 15.3. The van der Waals surface area contributed by atoms with Crippen LogP contribution in [0.1, 0.15) is 110 Å². The summed E-state index contributed by atoms with van der Waals surface area (Å²) in [5, 5.41) is 4.60. The molecule has 0 spiro atoms. The van der Waals surface area contributed by atoms with Crippen LogP contribution in [0.4, 0.5) is 28.4 Å². The fourth-order valence-electron chi connectivity index (χ4n) is 11.5. The molecule has 0 radical (unpaired) electrons. The number of rotatable bonds is 2. The quantitative estimate of drug-likeness (QED) is 0.162. The Kier molecular flexibility index (Phi) is 7.98. The van der Waals surface area contributed by atoms with Crippen molar-refractivity contribution in [3.8, 4) is 11.1 Å². The lowest BCUT2D eigenvalue weighted by atomic mass is 9.43. The maximum atomic E-state index is 7.05. The van der Waals surface area contributed by atoms with Crippen LogP contribution in [-0.2, 0) is 21.7 Å². The number of aryl methyl sites for hydroxylation is 1. The second-order valence-electron chi connectivity index (χ2n) is 22.5. The Morgan fingerprint density at radius 1 is 0.547 bits per heavy atom. The summed E-state index contributed by atoms with van der Waals surface area (Å²) in [5.41, 5.74) is 21.2. The molecule has 12 rings (SSSR count). The van der Waals surface area contributed by atoms with Crippen molar-refractivity contribution in [3.63, 3.8) is 0 Å². The summed E-state index contributed by atoms with van der Waals surface area (Å²) in [6.07, 6.45) is 2.30. The summed E-state index contributed by atoms with van der Waals surface area (Å²) in [7, 11) is 0. The maximum Gasteiger partial charge on any atom is 0.333 e. The van der Waals surface area contributed by atoms with Crippen LogP contribution in [0.25, 0.3) is 55.0 Å². The standard InChI is InChI=1S/C59H57BN2O2/c1-34-16-21-37(22-17-34)61-45-25-20-36(57(5,6)7)30-44(45)60-54-41(32-50-53(55(54)61)39-14-12-13-15-47(39)63-50)51-46(62(60)38-23-18-35(19-24-38)56(2,3)4)26-27-48-52(51)40-31-42-43(33-49(40)64-48)59(10,11)29-28-58(42,8)9/h12-27,30-33H,28-29H2,1-11H3. The Morgan fingerprint density at radius 2 is 1.17 bits per heavy atom. The minimum absolute atomic E-state index is 0.0169. The maximum absolute atomic E-state index is 7.05. The van der Waals surface area contributed by atoms with Crippen LogP contribution in [0.2, 0.25) is 0 Å². The first-order valence-corrected chi connectivity index (χ1v) is 23.3. The van der Waals surface area contributed by atoms with Gasteiger partial charge in [-0.15, -0.1) is 0 Å². The molecule has 4 nitrogen and oxygen atoms in total. The molecule has 2 aliphatic heterocycles. The molecule has 0 atom stereocenters. The van der Waals surface area contributed by atoms with Crippen molar-refractivity contribution < 1.29 is 8.83 Å². The molecular weight excluding hydrogens is 779 g/mol. The molecule has 4 heterocycles. The van der Waals surface area contributed by atoms with Gasteiger partial charge >= 0.3 is 6.85 Å². The zero-order valence-corrected chi connectivity index (χ0v) is 39.2. The summed E-state index contributed by atoms with van der Waals surface area (Å²) < 4.78 is 14.0. The normalized spacial score (nSPS) is 16.4. The molecule has 5 heteroatoms. The summed E-state index contributed by atoms with van der Waals surface area (Å²) >= 11 is 0. The smallest absolute Gasteiger partial charge is 0.333 e. The van der Waals surface area contributed by atoms with E-state index in [0.717, 1.165) is 62.7 Å². The van der Waals surface area contributed by atoms with Crippen LogP contribution < -0.4 is 20.6 Å². The van der Waals surface area contributed by atoms with Crippen molar-refractivity contribution in [2.75, 3.05) is 9.71 Å². The van der Waals surface area contributed by atoms with Crippen molar-refractivity contribution in [2.24, 2.45) is 0 Å². The average molecular weight is 837 g/mol. The lowest BCUT2D eigenvalue weighted by Gasteiger charge is -2.46. The number of furan rings is 2. The van der Waals surface area contributed by atoms with Crippen LogP contribution in [0.15, 0.2) is 130 Å². The molecule has 0 N–H and O–H groups in total. The first-order chi connectivity index (χ1) is 30.4. The third-order valence-corrected chi connectivity index (χ3v) is 15.3. The summed E-state index contributed by atoms with van der Waals surface area (Å²) in [4.78, 5) is 5.20. The molecule has 1 aliphatic carbocycles. The molecule has 7 aromatic carbocycles. The van der Waals surface area contributed by atoms with Crippen LogP contribution in [-0.4, -0.2) is 6.85 Å². The lowest BCUT2D eigenvalue weighted by molar-refractivity contribution is 0.332. The lowest BCUT2D eigenvalue weighted by Crippen LogP contribution is -2.61. The van der Waals surface area contributed by atoms with Gasteiger partial charge in [0, 0.05) is 44.5 Å². The number of nitrogens with zero attached hydrogens (tertiary/aromatic N) is 2. The van der Waals surface area contributed by atoms with Crippen molar-refractivity contribution in [2.45, 2.75) is 111 Å². The number of hydrogen-bond donors (Lipinski definition) is 0. The van der Waals surface area contributed by atoms with E-state index in [0.29, 0.717) is 0 Å². The Labute approximate surface area is 378 Å². The number of anilines is 5. The Balaban J connectivity index is 1.28. The van der Waals surface area contributed by atoms with Crippen molar-refractivity contribution >= 4 is 90.1 Å². The van der Waals surface area contributed by atoms with E-state index in [9.17, 15) is 0 Å². The zero-order chi connectivity index (χ0) is 44.4. The number of para-hydroxylation sites is 1. The Bertz CT molecular complexity index is 3420. The van der Waals surface area contributed by atoms with E-state index in [1.165, 1.54) is 72.3 Å². The molecule has 0 amide bonds. The highest BCUT2D eigenvalue weighted by molar-refractivity contribution is 6.94. The first kappa shape index (κ1) is 39.4. The summed E-state index contributed by atoms with van der Waals surface area (Å²) in [6, 6.07) is 46.1. The summed E-state index contributed by atoms with van der Waals surface area (Å²) in [5.74, 6) is 0. The molecular formula is C59H57BN2O2. The largest absolute Gasteiger partial charge is 0.456 e. The van der Waals surface area contributed by atoms with E-state index in [4.69, 9.17) is 8.83 Å². The highest BCUT2D eigenvalue weighted by atomic mass is 16.3. The zero-order valence-electron chi connectivity index (χ0n) is 39.2. The molecule has 0 saturated heterocycles. The number of hydrogen-bond acceptors (Lipinski definition) is 4. The van der Waals surface area contributed by atoms with Gasteiger partial charge in [0.15, 0.2) is 0 Å². The molecule has 2 aromatic heterocycles. The minimum Gasteiger partial charge on any atom is -0.456 e. The van der Waals surface area contributed by atoms with Crippen molar-refractivity contribution in [3.05, 3.63) is 149 Å². The van der Waals surface area contributed by atoms with Crippen LogP contribution in [0.3, 0.4) is 0 Å². The van der Waals surface area contributed by atoms with E-state index in [2.05, 4.69) is 207 Å². The van der Waals surface area contributed by atoms with Crippen molar-refractivity contribution in [1.29, 1.82) is 0 Å². The van der Waals surface area contributed by atoms with Gasteiger partial charge in [-0.1, -0.05) is 129 Å². The highest BCUT2D eigenvalue weighted by Crippen LogP contribution is 2.55. The summed E-state index contributed by atoms with van der Waals surface area (Å²) in [6.45, 7) is 25.6. The molecule has 0 fully saturated rings. The molecule has 0 bridgehead atoms. The first-order valence-electron chi connectivity index (χ1n) is 23.3. The van der Waals surface area contributed by atoms with Gasteiger partial charge < -0.3 is 18.5 Å². The molecule has 64 heavy (non-hydrogen) atoms. The Morgan fingerprint density at radius 3 is 1.88 bits per heavy atom. The van der Waals surface area contributed by atoms with Gasteiger partial charge in [0.1, 0.15) is 22.3 Å². The number of benzene rings is 7. The number of fused-ring (bicyclic) bond motifs is 13. The van der Waals surface area contributed by atoms with Gasteiger partial charge in [0.05, 0.1) is 11.1 Å². The van der Waals surface area contributed by atoms with Crippen LogP contribution >= 0.6 is 0 Å². The van der Waals surface area contributed by atoms with E-state index < -0.39 is 0 Å². The van der Waals surface area contributed by atoms with Gasteiger partial charge in [0.2, 0.25) is 0 Å². The third kappa shape index (κ3) is 5.55. The topological polar surface area (TPSA) is 32.8 Å². The molecule has 3 aliphatic rings. The van der Waals surface area contributed by atoms with E-state index >= 15 is 0 Å². The van der Waals surface area contributed by atoms with Crippen LogP contribution in [0.5, 0.6) is 0 Å². The highest BCUT2D eigenvalue weighted by Gasteiger charge is 2.48. The predicted octanol–water partition coefficient (Wildman–Crippen LogP) is 15.4. The van der Waals surface area contributed by atoms with Gasteiger partial charge in [-0.2, -0.15) is 0 Å². The molecule has 318 valence electrons. The SMILES string of the molecule is Cc1ccc(N2c3ccc(C(C)(C)C)cc3B3c4c(cc5oc6ccccc6c5c42)-c2c(ccc4oc5cc6c(cc5c24)C(C)(C)CCC6(C)C)N3c2ccc(C(C)(C)C)cc2)cc1. The van der Waals surface area contributed by atoms with E-state index in [1.54, 1.807) is 0 Å². The monoisotopic (exact) mass is 836 g/mol. The van der Waals surface area contributed by atoms with E-state index in [1.807, 2.05) is 0 Å². The minimum atomic E-state index is -0.154. The average Bonchev–Trinajstić information content (AvgIpc) is 3.82. The Hall–Kier alpha value is -6.20. The van der Waals surface area contributed by atoms with Gasteiger partial charge in [-0.3, -0.25) is 0 Å². The molecule has 9 aromatic rings. The van der Waals surface area contributed by atoms with Gasteiger partial charge in [-0.25, -0.2) is 0 Å². The second kappa shape index (κ2) is 13.0. The molecule has 0 unspecified atom stereocenters. The van der Waals surface area contributed by atoms with Crippen molar-refractivity contribution in [1.82, 2.24) is 0 Å². The van der Waals surface area contributed by atoms with Crippen LogP contribution in [0, 0.1) is 6.92 Å². The van der Waals surface area contributed by atoms with Gasteiger partial charge in [0.25, 0.3) is 0 Å². The fourth-order valence-corrected chi connectivity index (χ4v) is 11.5. The fraction of sp³-hybridized carbons (Fsp3) is 0.288. The predicted molar refractivity (Wildman–Crippen MR) is 272 cm³/mol. The second-order valence-corrected chi connectivity index (χ2v) is 22.5. The molecule has 0 saturated carbocycles.